The lowest BCUT2D eigenvalue weighted by Crippen LogP contribution is -2.39. The molecule has 0 saturated heterocycles. The van der Waals surface area contributed by atoms with E-state index in [4.69, 9.17) is 14.9 Å². The van der Waals surface area contributed by atoms with Gasteiger partial charge in [-0.25, -0.2) is 0 Å². The number of rotatable bonds is 9. The zero-order valence-corrected chi connectivity index (χ0v) is 11.7. The van der Waals surface area contributed by atoms with Crippen LogP contribution in [0.25, 0.3) is 0 Å². The first-order valence-corrected chi connectivity index (χ1v) is 6.44. The van der Waals surface area contributed by atoms with Crippen molar-refractivity contribution in [3.63, 3.8) is 0 Å². The molecular formula is C14H19NO6. The van der Waals surface area contributed by atoms with Crippen molar-refractivity contribution in [2.75, 3.05) is 13.7 Å². The van der Waals surface area contributed by atoms with Crippen LogP contribution >= 0.6 is 0 Å². The highest BCUT2D eigenvalue weighted by molar-refractivity contribution is 5.80. The number of benzene rings is 1. The van der Waals surface area contributed by atoms with E-state index < -0.39 is 30.5 Å². The molecule has 0 amide bonds. The second-order valence-corrected chi connectivity index (χ2v) is 4.49. The van der Waals surface area contributed by atoms with E-state index >= 15 is 0 Å². The quantitative estimate of drug-likeness (QED) is 0.528. The number of nitrogens with one attached hydrogen (secondary N) is 1. The van der Waals surface area contributed by atoms with E-state index in [0.29, 0.717) is 11.3 Å². The Morgan fingerprint density at radius 2 is 1.95 bits per heavy atom. The zero-order chi connectivity index (χ0) is 15.8. The average molecular weight is 297 g/mol. The van der Waals surface area contributed by atoms with Gasteiger partial charge in [-0.05, 0) is 19.0 Å². The second kappa shape index (κ2) is 8.23. The third-order valence-electron chi connectivity index (χ3n) is 2.98. The molecule has 2 unspecified atom stereocenters. The van der Waals surface area contributed by atoms with Crippen LogP contribution in [0.3, 0.4) is 0 Å². The number of carboxylic acid groups (broad SMARTS) is 2. The predicted octanol–water partition coefficient (Wildman–Crippen LogP) is 0.636. The molecular weight excluding hydrogens is 278 g/mol. The van der Waals surface area contributed by atoms with Crippen LogP contribution < -0.4 is 10.1 Å². The third kappa shape index (κ3) is 5.41. The molecule has 2 atom stereocenters. The van der Waals surface area contributed by atoms with Crippen molar-refractivity contribution >= 4 is 11.9 Å². The molecule has 4 N–H and O–H groups in total. The van der Waals surface area contributed by atoms with Gasteiger partial charge in [0.2, 0.25) is 0 Å². The molecule has 7 heteroatoms. The van der Waals surface area contributed by atoms with Crippen LogP contribution in [0, 0.1) is 0 Å². The van der Waals surface area contributed by atoms with Gasteiger partial charge in [0, 0.05) is 5.56 Å². The Morgan fingerprint density at radius 1 is 1.29 bits per heavy atom. The van der Waals surface area contributed by atoms with E-state index in [1.165, 1.54) is 7.11 Å². The Kier molecular flexibility index (Phi) is 6.64. The summed E-state index contributed by atoms with van der Waals surface area (Å²) in [6.45, 7) is 0.170. The van der Waals surface area contributed by atoms with Gasteiger partial charge in [-0.3, -0.25) is 9.59 Å². The molecule has 0 heterocycles. The van der Waals surface area contributed by atoms with Gasteiger partial charge < -0.3 is 25.4 Å². The van der Waals surface area contributed by atoms with Gasteiger partial charge in [0.15, 0.2) is 0 Å². The Labute approximate surface area is 122 Å². The van der Waals surface area contributed by atoms with Crippen LogP contribution in [0.2, 0.25) is 0 Å². The number of ether oxygens (including phenoxy) is 1. The number of aliphatic hydroxyl groups excluding tert-OH is 1. The summed E-state index contributed by atoms with van der Waals surface area (Å²) >= 11 is 0. The fraction of sp³-hybridized carbons (Fsp3) is 0.429. The van der Waals surface area contributed by atoms with E-state index in [0.717, 1.165) is 0 Å². The maximum Gasteiger partial charge on any atom is 0.321 e. The topological polar surface area (TPSA) is 116 Å². The molecule has 0 aromatic heterocycles. The third-order valence-corrected chi connectivity index (χ3v) is 2.98. The maximum atomic E-state index is 10.9. The molecule has 0 aliphatic rings. The summed E-state index contributed by atoms with van der Waals surface area (Å²) in [4.78, 5) is 21.4. The van der Waals surface area contributed by atoms with E-state index in [1.54, 1.807) is 24.3 Å². The lowest BCUT2D eigenvalue weighted by Gasteiger charge is -2.17. The van der Waals surface area contributed by atoms with Crippen molar-refractivity contribution in [2.24, 2.45) is 0 Å². The van der Waals surface area contributed by atoms with Gasteiger partial charge in [-0.1, -0.05) is 18.2 Å². The van der Waals surface area contributed by atoms with Gasteiger partial charge in [0.05, 0.1) is 19.6 Å². The fourth-order valence-electron chi connectivity index (χ4n) is 1.91. The Balaban J connectivity index is 2.54. The molecule has 1 rings (SSSR count). The van der Waals surface area contributed by atoms with E-state index in [-0.39, 0.29) is 13.0 Å². The first-order valence-electron chi connectivity index (χ1n) is 6.44. The number of hydrogen-bond acceptors (Lipinski definition) is 5. The molecule has 0 aliphatic heterocycles. The molecule has 7 nitrogen and oxygen atoms in total. The van der Waals surface area contributed by atoms with Gasteiger partial charge >= 0.3 is 11.9 Å². The number of hydrogen-bond donors (Lipinski definition) is 4. The van der Waals surface area contributed by atoms with Crippen LogP contribution in [-0.4, -0.2) is 47.0 Å². The van der Waals surface area contributed by atoms with Crippen LogP contribution in [0.15, 0.2) is 24.3 Å². The second-order valence-electron chi connectivity index (χ2n) is 4.49. The molecule has 116 valence electrons. The normalized spacial score (nSPS) is 13.4. The largest absolute Gasteiger partial charge is 0.496 e. The van der Waals surface area contributed by atoms with Crippen molar-refractivity contribution in [3.8, 4) is 5.75 Å². The highest BCUT2D eigenvalue weighted by Gasteiger charge is 2.21. The Morgan fingerprint density at radius 3 is 2.52 bits per heavy atom. The number of carbonyl (C=O) groups is 2. The minimum Gasteiger partial charge on any atom is -0.496 e. The highest BCUT2D eigenvalue weighted by atomic mass is 16.5. The molecule has 0 aliphatic carbocycles. The van der Waals surface area contributed by atoms with Gasteiger partial charge in [-0.2, -0.15) is 0 Å². The molecule has 1 aromatic rings. The molecule has 0 radical (unpaired) electrons. The summed E-state index contributed by atoms with van der Waals surface area (Å²) in [6.07, 6.45) is -1.10. The number of carboxylic acids is 2. The number of methoxy groups -OCH3 is 1. The summed E-state index contributed by atoms with van der Waals surface area (Å²) in [7, 11) is 1.50. The molecule has 21 heavy (non-hydrogen) atoms. The van der Waals surface area contributed by atoms with Crippen LogP contribution in [0.1, 0.15) is 24.5 Å². The first kappa shape index (κ1) is 16.9. The predicted molar refractivity (Wildman–Crippen MR) is 74.3 cm³/mol. The lowest BCUT2D eigenvalue weighted by molar-refractivity contribution is -0.145. The van der Waals surface area contributed by atoms with Crippen molar-refractivity contribution in [1.29, 1.82) is 0 Å². The zero-order valence-electron chi connectivity index (χ0n) is 11.7. The average Bonchev–Trinajstić information content (AvgIpc) is 2.45. The van der Waals surface area contributed by atoms with Gasteiger partial charge in [0.1, 0.15) is 11.8 Å². The number of aliphatic hydroxyl groups is 1. The molecule has 1 aromatic carbocycles. The number of para-hydroxylation sites is 1. The minimum atomic E-state index is -1.23. The minimum absolute atomic E-state index is 0.170. The monoisotopic (exact) mass is 297 g/mol. The summed E-state index contributed by atoms with van der Waals surface area (Å²) in [5.41, 5.74) is 0.604. The van der Waals surface area contributed by atoms with Gasteiger partial charge in [0.25, 0.3) is 0 Å². The van der Waals surface area contributed by atoms with Crippen molar-refractivity contribution in [2.45, 2.75) is 25.0 Å². The summed E-state index contributed by atoms with van der Waals surface area (Å²) in [5, 5.41) is 30.2. The van der Waals surface area contributed by atoms with Crippen molar-refractivity contribution in [1.82, 2.24) is 5.32 Å². The van der Waals surface area contributed by atoms with Crippen LogP contribution in [0.5, 0.6) is 5.75 Å². The van der Waals surface area contributed by atoms with E-state index in [1.807, 2.05) is 0 Å². The smallest absolute Gasteiger partial charge is 0.321 e. The molecule has 0 fully saturated rings. The van der Waals surface area contributed by atoms with E-state index in [9.17, 15) is 14.7 Å². The standard InChI is InChI=1S/C14H19NO6/c1-21-12-5-3-2-4-9(12)11(16)6-7-15-10(14(19)20)8-13(17)18/h2-5,10-11,15-16H,6-8H2,1H3,(H,17,18)(H,19,20). The number of aliphatic carboxylic acids is 2. The Hall–Kier alpha value is -2.12. The van der Waals surface area contributed by atoms with Crippen LogP contribution in [-0.2, 0) is 9.59 Å². The summed E-state index contributed by atoms with van der Waals surface area (Å²) in [5.74, 6) is -1.88. The highest BCUT2D eigenvalue weighted by Crippen LogP contribution is 2.26. The lowest BCUT2D eigenvalue weighted by atomic mass is 10.1. The molecule has 0 bridgehead atoms. The fourth-order valence-corrected chi connectivity index (χ4v) is 1.91. The van der Waals surface area contributed by atoms with Gasteiger partial charge in [-0.15, -0.1) is 0 Å². The summed E-state index contributed by atoms with van der Waals surface area (Å²) < 4.78 is 5.13. The van der Waals surface area contributed by atoms with Crippen LogP contribution in [0.4, 0.5) is 0 Å². The maximum absolute atomic E-state index is 10.9. The summed E-state index contributed by atoms with van der Waals surface area (Å²) in [6, 6.07) is 5.80. The molecule has 0 spiro atoms. The van der Waals surface area contributed by atoms with E-state index in [2.05, 4.69) is 5.32 Å². The Bertz CT molecular complexity index is 490. The molecule has 0 saturated carbocycles. The van der Waals surface area contributed by atoms with Crippen molar-refractivity contribution in [3.05, 3.63) is 29.8 Å². The first-order chi connectivity index (χ1) is 9.95. The van der Waals surface area contributed by atoms with Crippen molar-refractivity contribution < 1.29 is 29.6 Å². The SMILES string of the molecule is COc1ccccc1C(O)CCNC(CC(=O)O)C(=O)O.